The maximum absolute atomic E-state index is 12.0. The van der Waals surface area contributed by atoms with E-state index in [1.54, 1.807) is 13.0 Å². The van der Waals surface area contributed by atoms with E-state index in [-0.39, 0.29) is 18.2 Å². The Balaban J connectivity index is 1.55. The lowest BCUT2D eigenvalue weighted by molar-refractivity contribution is -0.127. The van der Waals surface area contributed by atoms with Gasteiger partial charge in [0.25, 0.3) is 5.91 Å². The van der Waals surface area contributed by atoms with E-state index >= 15 is 0 Å². The van der Waals surface area contributed by atoms with E-state index in [0.29, 0.717) is 17.3 Å². The molecule has 0 aliphatic carbocycles. The highest BCUT2D eigenvalue weighted by atomic mass is 32.1. The molecule has 0 fully saturated rings. The minimum atomic E-state index is -0.768. The Morgan fingerprint density at radius 3 is 2.70 bits per heavy atom. The Morgan fingerprint density at radius 1 is 1.11 bits per heavy atom. The number of nitrogens with one attached hydrogen (secondary N) is 2. The molecule has 0 unspecified atom stereocenters. The number of likely N-dealkylation sites (N-methyl/N-ethyl adjacent to an activating group) is 1. The normalized spacial score (nSPS) is 10.6. The van der Waals surface area contributed by atoms with Gasteiger partial charge in [0.05, 0.1) is 16.8 Å². The van der Waals surface area contributed by atoms with Crippen molar-refractivity contribution in [2.45, 2.75) is 6.92 Å². The molecular formula is C18H17N3O5S. The Morgan fingerprint density at radius 2 is 1.93 bits per heavy atom. The molecule has 3 aromatic rings. The number of rotatable bonds is 7. The fraction of sp³-hybridized carbons (Fsp3) is 0.222. The summed E-state index contributed by atoms with van der Waals surface area (Å²) >= 11 is 1.45. The van der Waals surface area contributed by atoms with Gasteiger partial charge in [-0.05, 0) is 31.2 Å². The summed E-state index contributed by atoms with van der Waals surface area (Å²) in [5.74, 6) is -1.24. The lowest BCUT2D eigenvalue weighted by atomic mass is 10.3. The van der Waals surface area contributed by atoms with Crippen molar-refractivity contribution in [3.05, 3.63) is 42.2 Å². The van der Waals surface area contributed by atoms with Gasteiger partial charge in [-0.15, -0.1) is 11.3 Å². The molecular weight excluding hydrogens is 370 g/mol. The molecule has 3 rings (SSSR count). The molecule has 0 aliphatic rings. The first-order valence-electron chi connectivity index (χ1n) is 8.23. The number of fused-ring (bicyclic) bond motifs is 1. The van der Waals surface area contributed by atoms with Crippen LogP contribution in [0, 0.1) is 0 Å². The summed E-state index contributed by atoms with van der Waals surface area (Å²) in [6.07, 6.45) is 0. The zero-order valence-electron chi connectivity index (χ0n) is 14.5. The smallest absolute Gasteiger partial charge is 0.374 e. The molecule has 2 N–H and O–H groups in total. The third-order valence-electron chi connectivity index (χ3n) is 3.47. The van der Waals surface area contributed by atoms with Crippen LogP contribution in [0.2, 0.25) is 0 Å². The quantitative estimate of drug-likeness (QED) is 0.600. The van der Waals surface area contributed by atoms with Crippen molar-refractivity contribution >= 4 is 39.3 Å². The number of carbonyl (C=O) groups excluding carboxylic acids is 3. The van der Waals surface area contributed by atoms with Crippen LogP contribution in [0.15, 0.2) is 40.8 Å². The SMILES string of the molecule is CCNC(=O)CNC(=O)COC(=O)c1ccc(-c2nc3ccccc3s2)o1. The predicted molar refractivity (Wildman–Crippen MR) is 99.3 cm³/mol. The van der Waals surface area contributed by atoms with Gasteiger partial charge < -0.3 is 19.8 Å². The van der Waals surface area contributed by atoms with E-state index in [1.807, 2.05) is 24.3 Å². The zero-order valence-corrected chi connectivity index (χ0v) is 15.3. The van der Waals surface area contributed by atoms with E-state index < -0.39 is 18.5 Å². The number of ether oxygens (including phenoxy) is 1. The van der Waals surface area contributed by atoms with Crippen molar-refractivity contribution in [2.24, 2.45) is 0 Å². The van der Waals surface area contributed by atoms with E-state index in [0.717, 1.165) is 10.2 Å². The number of carbonyl (C=O) groups is 3. The summed E-state index contributed by atoms with van der Waals surface area (Å²) in [4.78, 5) is 39.3. The van der Waals surface area contributed by atoms with E-state index in [2.05, 4.69) is 15.6 Å². The molecule has 0 saturated heterocycles. The largest absolute Gasteiger partial charge is 0.450 e. The molecule has 0 atom stereocenters. The summed E-state index contributed by atoms with van der Waals surface area (Å²) in [6.45, 7) is 1.56. The molecule has 140 valence electrons. The summed E-state index contributed by atoms with van der Waals surface area (Å²) in [6, 6.07) is 10.8. The lowest BCUT2D eigenvalue weighted by Gasteiger charge is -2.05. The van der Waals surface area contributed by atoms with Crippen LogP contribution in [-0.4, -0.2) is 42.5 Å². The van der Waals surface area contributed by atoms with E-state index in [1.165, 1.54) is 17.4 Å². The molecule has 2 amide bonds. The second kappa shape index (κ2) is 8.45. The Bertz CT molecular complexity index is 945. The van der Waals surface area contributed by atoms with Gasteiger partial charge in [-0.25, -0.2) is 9.78 Å². The zero-order chi connectivity index (χ0) is 19.2. The number of hydrogen-bond donors (Lipinski definition) is 2. The highest BCUT2D eigenvalue weighted by molar-refractivity contribution is 7.21. The van der Waals surface area contributed by atoms with Gasteiger partial charge in [-0.1, -0.05) is 12.1 Å². The number of esters is 1. The number of amides is 2. The standard InChI is InChI=1S/C18H17N3O5S/c1-2-19-15(22)9-20-16(23)10-25-18(24)13-8-7-12(26-13)17-21-11-5-3-4-6-14(11)27-17/h3-8H,2,9-10H2,1H3,(H,19,22)(H,20,23). The van der Waals surface area contributed by atoms with Gasteiger partial charge in [0.1, 0.15) is 0 Å². The molecule has 0 bridgehead atoms. The Hall–Kier alpha value is -3.20. The van der Waals surface area contributed by atoms with Crippen LogP contribution in [0.4, 0.5) is 0 Å². The van der Waals surface area contributed by atoms with Gasteiger partial charge >= 0.3 is 5.97 Å². The predicted octanol–water partition coefficient (Wildman–Crippen LogP) is 1.97. The van der Waals surface area contributed by atoms with E-state index in [4.69, 9.17) is 9.15 Å². The van der Waals surface area contributed by atoms with Crippen molar-refractivity contribution in [1.29, 1.82) is 0 Å². The third kappa shape index (κ3) is 4.70. The van der Waals surface area contributed by atoms with Crippen LogP contribution in [0.1, 0.15) is 17.5 Å². The summed E-state index contributed by atoms with van der Waals surface area (Å²) < 4.78 is 11.4. The molecule has 2 aromatic heterocycles. The van der Waals surface area contributed by atoms with Gasteiger partial charge in [-0.2, -0.15) is 0 Å². The highest BCUT2D eigenvalue weighted by Gasteiger charge is 2.17. The Labute approximate surface area is 158 Å². The number of furan rings is 1. The summed E-state index contributed by atoms with van der Waals surface area (Å²) in [5, 5.41) is 5.54. The van der Waals surface area contributed by atoms with Crippen LogP contribution in [0.5, 0.6) is 0 Å². The number of aromatic nitrogens is 1. The minimum Gasteiger partial charge on any atom is -0.450 e. The first kappa shape index (κ1) is 18.6. The molecule has 0 spiro atoms. The number of nitrogens with zero attached hydrogens (tertiary/aromatic N) is 1. The maximum Gasteiger partial charge on any atom is 0.374 e. The molecule has 0 radical (unpaired) electrons. The first-order chi connectivity index (χ1) is 13.1. The molecule has 0 saturated carbocycles. The number of para-hydroxylation sites is 1. The minimum absolute atomic E-state index is 0.0271. The topological polar surface area (TPSA) is 111 Å². The first-order valence-corrected chi connectivity index (χ1v) is 9.04. The van der Waals surface area contributed by atoms with Gasteiger partial charge in [0, 0.05) is 6.54 Å². The number of hydrogen-bond acceptors (Lipinski definition) is 7. The fourth-order valence-electron chi connectivity index (χ4n) is 2.23. The van der Waals surface area contributed by atoms with Crippen LogP contribution in [0.25, 0.3) is 21.0 Å². The van der Waals surface area contributed by atoms with Gasteiger partial charge in [-0.3, -0.25) is 9.59 Å². The molecule has 8 nitrogen and oxygen atoms in total. The molecule has 0 aliphatic heterocycles. The van der Waals surface area contributed by atoms with Crippen molar-refractivity contribution < 1.29 is 23.5 Å². The third-order valence-corrected chi connectivity index (χ3v) is 4.52. The van der Waals surface area contributed by atoms with Crippen LogP contribution < -0.4 is 10.6 Å². The van der Waals surface area contributed by atoms with Crippen molar-refractivity contribution in [3.63, 3.8) is 0 Å². The van der Waals surface area contributed by atoms with E-state index in [9.17, 15) is 14.4 Å². The second-order valence-electron chi connectivity index (χ2n) is 5.46. The maximum atomic E-state index is 12.0. The van der Waals surface area contributed by atoms with Gasteiger partial charge in [0.2, 0.25) is 11.7 Å². The number of benzene rings is 1. The Kier molecular flexibility index (Phi) is 5.82. The molecule has 27 heavy (non-hydrogen) atoms. The van der Waals surface area contributed by atoms with Crippen molar-refractivity contribution in [3.8, 4) is 10.8 Å². The molecule has 1 aromatic carbocycles. The van der Waals surface area contributed by atoms with Crippen LogP contribution >= 0.6 is 11.3 Å². The summed E-state index contributed by atoms with van der Waals surface area (Å²) in [5.41, 5.74) is 0.849. The fourth-order valence-corrected chi connectivity index (χ4v) is 3.16. The van der Waals surface area contributed by atoms with Gasteiger partial charge in [0.15, 0.2) is 17.4 Å². The summed E-state index contributed by atoms with van der Waals surface area (Å²) in [7, 11) is 0. The lowest BCUT2D eigenvalue weighted by Crippen LogP contribution is -2.38. The average Bonchev–Trinajstić information content (AvgIpc) is 3.31. The van der Waals surface area contributed by atoms with Crippen LogP contribution in [0.3, 0.4) is 0 Å². The van der Waals surface area contributed by atoms with Crippen LogP contribution in [-0.2, 0) is 14.3 Å². The van der Waals surface area contributed by atoms with Crippen molar-refractivity contribution in [2.75, 3.05) is 19.7 Å². The van der Waals surface area contributed by atoms with Crippen molar-refractivity contribution in [1.82, 2.24) is 15.6 Å². The molecule has 2 heterocycles. The monoisotopic (exact) mass is 387 g/mol. The molecule has 9 heteroatoms. The highest BCUT2D eigenvalue weighted by Crippen LogP contribution is 2.31. The second-order valence-corrected chi connectivity index (χ2v) is 6.49. The average molecular weight is 387 g/mol. The number of thiazole rings is 1.